The Hall–Kier alpha value is -5.16. The molecule has 0 aliphatic rings. The summed E-state index contributed by atoms with van der Waals surface area (Å²) < 4.78 is 11.3. The summed E-state index contributed by atoms with van der Waals surface area (Å²) >= 11 is 0. The summed E-state index contributed by atoms with van der Waals surface area (Å²) in [5.41, 5.74) is 14.6. The fourth-order valence-electron chi connectivity index (χ4n) is 7.86. The molecule has 0 saturated carbocycles. The number of hydrogen-bond acceptors (Lipinski definition) is 3. The Morgan fingerprint density at radius 2 is 1.42 bits per heavy atom. The molecule has 5 nitrogen and oxygen atoms in total. The molecule has 0 saturated heterocycles. The fourth-order valence-corrected chi connectivity index (χ4v) is 7.86. The summed E-state index contributed by atoms with van der Waals surface area (Å²) in [6.07, 6.45) is 6.79. The predicted octanol–water partition coefficient (Wildman–Crippen LogP) is 12.5. The standard InChI is InChI=1S/C47H52N4O/c1-10-15-40-46(45-31(5)23-30(4)24-32(45)6)42(16-11-2)51(49-40)35-26-34(47(7,8)9)27-37(28-35)52-36-19-20-39-38-17-13-14-18-41(38)50(43(39)29-36)44-25-33(12-3)21-22-48-44/h13-14,17-29H,10-12,15-16H2,1-9H3. The number of fused-ring (bicyclic) bond motifs is 3. The number of aryl methyl sites for hydroxylation is 5. The van der Waals surface area contributed by atoms with Crippen LogP contribution < -0.4 is 4.74 Å². The predicted molar refractivity (Wildman–Crippen MR) is 218 cm³/mol. The minimum Gasteiger partial charge on any atom is -0.457 e. The third kappa shape index (κ3) is 6.53. The molecule has 5 heteroatoms. The van der Waals surface area contributed by atoms with Gasteiger partial charge in [-0.1, -0.05) is 90.3 Å². The van der Waals surface area contributed by atoms with E-state index in [1.807, 2.05) is 6.20 Å². The second kappa shape index (κ2) is 14.1. The van der Waals surface area contributed by atoms with E-state index in [-0.39, 0.29) is 5.41 Å². The largest absolute Gasteiger partial charge is 0.457 e. The van der Waals surface area contributed by atoms with E-state index in [9.17, 15) is 0 Å². The lowest BCUT2D eigenvalue weighted by Crippen LogP contribution is -2.13. The van der Waals surface area contributed by atoms with Crippen LogP contribution in [0.5, 0.6) is 11.5 Å². The zero-order valence-electron chi connectivity index (χ0n) is 32.4. The first-order valence-corrected chi connectivity index (χ1v) is 19.0. The summed E-state index contributed by atoms with van der Waals surface area (Å²) in [5, 5.41) is 7.79. The van der Waals surface area contributed by atoms with Gasteiger partial charge in [0.05, 0.1) is 28.1 Å². The molecule has 0 aliphatic carbocycles. The summed E-state index contributed by atoms with van der Waals surface area (Å²) in [6, 6.07) is 30.6. The van der Waals surface area contributed by atoms with Crippen LogP contribution in [0.15, 0.2) is 91.1 Å². The van der Waals surface area contributed by atoms with Crippen molar-refractivity contribution in [2.24, 2.45) is 0 Å². The fraction of sp³-hybridized carbons (Fsp3) is 0.319. The number of benzene rings is 4. The van der Waals surface area contributed by atoms with E-state index >= 15 is 0 Å². The average Bonchev–Trinajstić information content (AvgIpc) is 3.62. The van der Waals surface area contributed by atoms with Gasteiger partial charge >= 0.3 is 0 Å². The molecule has 4 aromatic carbocycles. The third-order valence-electron chi connectivity index (χ3n) is 10.3. The van der Waals surface area contributed by atoms with E-state index in [0.717, 1.165) is 66.1 Å². The second-order valence-electron chi connectivity index (χ2n) is 15.4. The Kier molecular flexibility index (Phi) is 9.56. The molecular formula is C47H52N4O. The molecular weight excluding hydrogens is 637 g/mol. The first-order valence-electron chi connectivity index (χ1n) is 19.0. The number of para-hydroxylation sites is 1. The van der Waals surface area contributed by atoms with Gasteiger partial charge in [-0.3, -0.25) is 4.57 Å². The first kappa shape index (κ1) is 35.3. The molecule has 0 N–H and O–H groups in total. The van der Waals surface area contributed by atoms with Gasteiger partial charge in [0.25, 0.3) is 0 Å². The zero-order valence-corrected chi connectivity index (χ0v) is 32.4. The maximum Gasteiger partial charge on any atom is 0.137 e. The highest BCUT2D eigenvalue weighted by molar-refractivity contribution is 6.09. The second-order valence-corrected chi connectivity index (χ2v) is 15.4. The van der Waals surface area contributed by atoms with Gasteiger partial charge in [-0.15, -0.1) is 0 Å². The summed E-state index contributed by atoms with van der Waals surface area (Å²) in [4.78, 5) is 4.82. The normalized spacial score (nSPS) is 11.9. The van der Waals surface area contributed by atoms with E-state index in [2.05, 4.69) is 156 Å². The Morgan fingerprint density at radius 3 is 2.13 bits per heavy atom. The smallest absolute Gasteiger partial charge is 0.137 e. The van der Waals surface area contributed by atoms with Crippen molar-refractivity contribution in [3.05, 3.63) is 130 Å². The number of hydrogen-bond donors (Lipinski definition) is 0. The Balaban J connectivity index is 1.39. The van der Waals surface area contributed by atoms with Crippen LogP contribution in [0.1, 0.15) is 93.6 Å². The Morgan fingerprint density at radius 1 is 0.692 bits per heavy atom. The number of aromatic nitrogens is 4. The van der Waals surface area contributed by atoms with Crippen molar-refractivity contribution in [2.45, 2.75) is 99.8 Å². The molecule has 266 valence electrons. The molecule has 0 amide bonds. The minimum absolute atomic E-state index is 0.0995. The van der Waals surface area contributed by atoms with E-state index in [0.29, 0.717) is 0 Å². The van der Waals surface area contributed by atoms with E-state index in [1.54, 1.807) is 0 Å². The summed E-state index contributed by atoms with van der Waals surface area (Å²) in [7, 11) is 0. The van der Waals surface area contributed by atoms with Crippen molar-refractivity contribution >= 4 is 21.8 Å². The monoisotopic (exact) mass is 688 g/mol. The van der Waals surface area contributed by atoms with Crippen LogP contribution >= 0.6 is 0 Å². The molecule has 52 heavy (non-hydrogen) atoms. The van der Waals surface area contributed by atoms with Gasteiger partial charge in [-0.25, -0.2) is 9.67 Å². The highest BCUT2D eigenvalue weighted by atomic mass is 16.5. The lowest BCUT2D eigenvalue weighted by atomic mass is 9.86. The minimum atomic E-state index is -0.0995. The van der Waals surface area contributed by atoms with Crippen LogP contribution in [0.4, 0.5) is 0 Å². The summed E-state index contributed by atoms with van der Waals surface area (Å²) in [5.74, 6) is 2.50. The molecule has 0 radical (unpaired) electrons. The molecule has 0 atom stereocenters. The first-order chi connectivity index (χ1) is 25.0. The molecule has 3 heterocycles. The number of ether oxygens (including phenoxy) is 1. The van der Waals surface area contributed by atoms with Gasteiger partial charge < -0.3 is 4.74 Å². The molecule has 0 unspecified atom stereocenters. The van der Waals surface area contributed by atoms with Crippen LogP contribution in [-0.4, -0.2) is 19.3 Å². The highest BCUT2D eigenvalue weighted by Gasteiger charge is 2.25. The average molecular weight is 689 g/mol. The van der Waals surface area contributed by atoms with Crippen molar-refractivity contribution in [3.8, 4) is 34.1 Å². The summed E-state index contributed by atoms with van der Waals surface area (Å²) in [6.45, 7) is 20.2. The van der Waals surface area contributed by atoms with E-state index in [1.165, 1.54) is 61.1 Å². The van der Waals surface area contributed by atoms with Gasteiger partial charge in [0.2, 0.25) is 0 Å². The molecule has 7 rings (SSSR count). The highest BCUT2D eigenvalue weighted by Crippen LogP contribution is 2.40. The van der Waals surface area contributed by atoms with Gasteiger partial charge in [0.1, 0.15) is 17.3 Å². The maximum absolute atomic E-state index is 6.86. The number of rotatable bonds is 10. The van der Waals surface area contributed by atoms with Gasteiger partial charge in [-0.2, -0.15) is 5.10 Å². The van der Waals surface area contributed by atoms with Gasteiger partial charge in [-0.05, 0) is 116 Å². The lowest BCUT2D eigenvalue weighted by molar-refractivity contribution is 0.478. The third-order valence-corrected chi connectivity index (χ3v) is 10.3. The van der Waals surface area contributed by atoms with E-state index in [4.69, 9.17) is 14.8 Å². The Bertz CT molecular complexity index is 2400. The molecule has 3 aromatic heterocycles. The van der Waals surface area contributed by atoms with Crippen molar-refractivity contribution in [2.75, 3.05) is 0 Å². The maximum atomic E-state index is 6.86. The molecule has 0 aliphatic heterocycles. The van der Waals surface area contributed by atoms with Crippen LogP contribution in [0.3, 0.4) is 0 Å². The zero-order chi connectivity index (χ0) is 36.7. The Labute approximate surface area is 309 Å². The van der Waals surface area contributed by atoms with Crippen molar-refractivity contribution in [1.29, 1.82) is 0 Å². The van der Waals surface area contributed by atoms with Gasteiger partial charge in [0, 0.05) is 34.7 Å². The van der Waals surface area contributed by atoms with Gasteiger partial charge in [0.15, 0.2) is 0 Å². The number of pyridine rings is 1. The van der Waals surface area contributed by atoms with Crippen molar-refractivity contribution < 1.29 is 4.74 Å². The van der Waals surface area contributed by atoms with Crippen molar-refractivity contribution in [3.63, 3.8) is 0 Å². The number of nitrogens with zero attached hydrogens (tertiary/aromatic N) is 4. The van der Waals surface area contributed by atoms with Crippen LogP contribution in [0, 0.1) is 20.8 Å². The molecule has 0 bridgehead atoms. The molecule has 0 spiro atoms. The quantitative estimate of drug-likeness (QED) is 0.144. The van der Waals surface area contributed by atoms with Crippen LogP contribution in [0.2, 0.25) is 0 Å². The SMILES string of the molecule is CCCc1nn(-c2cc(Oc3ccc4c5ccccc5n(-c5cc(CC)ccn5)c4c3)cc(C(C)(C)C)c2)c(CCC)c1-c1c(C)cc(C)cc1C. The van der Waals surface area contributed by atoms with E-state index < -0.39 is 0 Å². The van der Waals surface area contributed by atoms with Crippen LogP contribution in [-0.2, 0) is 24.7 Å². The molecule has 7 aromatic rings. The van der Waals surface area contributed by atoms with Crippen LogP contribution in [0.25, 0.3) is 44.4 Å². The molecule has 0 fully saturated rings. The lowest BCUT2D eigenvalue weighted by Gasteiger charge is -2.22. The topological polar surface area (TPSA) is 44.9 Å². The van der Waals surface area contributed by atoms with Crippen molar-refractivity contribution in [1.82, 2.24) is 19.3 Å².